The highest BCUT2D eigenvalue weighted by molar-refractivity contribution is 8.15. The van der Waals surface area contributed by atoms with Crippen LogP contribution in [0.15, 0.2) is 0 Å². The molecule has 4 heteroatoms. The third kappa shape index (κ3) is 0.579. The highest BCUT2D eigenvalue weighted by atomic mass is 32.2. The minimum absolute atomic E-state index is 0.542. The van der Waals surface area contributed by atoms with Crippen LogP contribution in [0.3, 0.4) is 0 Å². The Morgan fingerprint density at radius 1 is 2.00 bits per heavy atom. The highest BCUT2D eigenvalue weighted by Crippen LogP contribution is 2.48. The fourth-order valence-electron chi connectivity index (χ4n) is 0.202. The average molecular weight is 123 g/mol. The molecule has 0 amide bonds. The maximum absolute atomic E-state index is 10.1. The quantitative estimate of drug-likeness (QED) is 0.484. The number of hydrogen-bond donors (Lipinski definition) is 1. The highest BCUT2D eigenvalue weighted by Gasteiger charge is 2.40. The minimum atomic E-state index is -1.21. The summed E-state index contributed by atoms with van der Waals surface area (Å²) in [6.07, 6.45) is 0. The van der Waals surface area contributed by atoms with Gasteiger partial charge in [-0.15, -0.1) is 0 Å². The lowest BCUT2D eigenvalue weighted by atomic mass is 11.6. The minimum Gasteiger partial charge on any atom is -0.342 e. The van der Waals surface area contributed by atoms with Crippen LogP contribution in [0.2, 0.25) is 0 Å². The third-order valence-electron chi connectivity index (χ3n) is 0.597. The van der Waals surface area contributed by atoms with Gasteiger partial charge in [-0.2, -0.15) is 0 Å². The van der Waals surface area contributed by atoms with E-state index in [2.05, 4.69) is 0 Å². The Morgan fingerprint density at radius 3 is 2.50 bits per heavy atom. The van der Waals surface area contributed by atoms with Gasteiger partial charge in [0, 0.05) is 0 Å². The second kappa shape index (κ2) is 1.49. The summed E-state index contributed by atoms with van der Waals surface area (Å²) >= 11 is 1.34. The van der Waals surface area contributed by atoms with Gasteiger partial charge in [0.1, 0.15) is 0 Å². The van der Waals surface area contributed by atoms with Gasteiger partial charge in [0.25, 0.3) is 0 Å². The number of aliphatic hydroxyl groups excluding tert-OH is 1. The largest absolute Gasteiger partial charge is 0.392 e. The van der Waals surface area contributed by atoms with E-state index in [0.717, 1.165) is 0 Å². The molecule has 1 saturated heterocycles. The molecule has 0 saturated carbocycles. The first kappa shape index (κ1) is 4.57. The predicted molar refractivity (Wildman–Crippen MR) is 26.1 cm³/mol. The van der Waals surface area contributed by atoms with Gasteiger partial charge in [-0.25, -0.2) is 0 Å². The summed E-state index contributed by atoms with van der Waals surface area (Å²) in [6, 6.07) is 0. The standard InChI is InChI=1S/C2H4O2PS/c3-2-5(4)1-6-2/h2-3H,1H2/q+1. The lowest BCUT2D eigenvalue weighted by Gasteiger charge is -2.01. The summed E-state index contributed by atoms with van der Waals surface area (Å²) in [5, 5.41) is 7.85. The molecule has 2 atom stereocenters. The van der Waals surface area contributed by atoms with Crippen molar-refractivity contribution in [2.24, 2.45) is 0 Å². The van der Waals surface area contributed by atoms with E-state index in [-0.39, 0.29) is 0 Å². The van der Waals surface area contributed by atoms with Gasteiger partial charge in [0.2, 0.25) is 5.49 Å². The average Bonchev–Trinajstić information content (AvgIpc) is 1.61. The fraction of sp³-hybridized carbons (Fsp3) is 1.00. The number of hydrogen-bond acceptors (Lipinski definition) is 3. The molecule has 1 fully saturated rings. The van der Waals surface area contributed by atoms with E-state index < -0.39 is 13.0 Å². The molecule has 0 radical (unpaired) electrons. The van der Waals surface area contributed by atoms with Crippen molar-refractivity contribution in [1.29, 1.82) is 0 Å². The molecule has 2 unspecified atom stereocenters. The molecule has 1 aliphatic heterocycles. The van der Waals surface area contributed by atoms with Gasteiger partial charge >= 0.3 is 13.0 Å². The second-order valence-corrected chi connectivity index (χ2v) is 4.52. The van der Waals surface area contributed by atoms with Crippen molar-refractivity contribution in [3.63, 3.8) is 0 Å². The Bertz CT molecular complexity index is 83.6. The number of rotatable bonds is 0. The van der Waals surface area contributed by atoms with Crippen LogP contribution >= 0.6 is 19.6 Å². The van der Waals surface area contributed by atoms with Gasteiger partial charge < -0.3 is 5.11 Å². The molecule has 2 nitrogen and oxygen atoms in total. The molecular formula is C2H4O2PS+. The third-order valence-corrected chi connectivity index (χ3v) is 4.15. The van der Waals surface area contributed by atoms with Crippen molar-refractivity contribution in [3.05, 3.63) is 0 Å². The second-order valence-electron chi connectivity index (χ2n) is 1.04. The van der Waals surface area contributed by atoms with E-state index in [1.807, 2.05) is 0 Å². The Balaban J connectivity index is 2.39. The van der Waals surface area contributed by atoms with Crippen LogP contribution < -0.4 is 0 Å². The van der Waals surface area contributed by atoms with Gasteiger partial charge in [-0.1, -0.05) is 4.57 Å². The van der Waals surface area contributed by atoms with Crippen LogP contribution in [0, 0.1) is 0 Å². The lowest BCUT2D eigenvalue weighted by Crippen LogP contribution is -2.04. The zero-order chi connectivity index (χ0) is 4.57. The van der Waals surface area contributed by atoms with Gasteiger partial charge in [0.15, 0.2) is 0 Å². The Hall–Kier alpha value is 0.410. The van der Waals surface area contributed by atoms with E-state index in [9.17, 15) is 4.57 Å². The molecule has 6 heavy (non-hydrogen) atoms. The molecule has 1 rings (SSSR count). The molecular weight excluding hydrogens is 119 g/mol. The van der Waals surface area contributed by atoms with E-state index in [1.165, 1.54) is 11.8 Å². The van der Waals surface area contributed by atoms with Crippen molar-refractivity contribution in [2.75, 3.05) is 5.49 Å². The molecule has 0 bridgehead atoms. The van der Waals surface area contributed by atoms with Gasteiger partial charge in [0.05, 0.1) is 0 Å². The summed E-state index contributed by atoms with van der Waals surface area (Å²) in [4.78, 5) is 0. The molecule has 1 heterocycles. The topological polar surface area (TPSA) is 37.3 Å². The summed E-state index contributed by atoms with van der Waals surface area (Å²) in [6.45, 7) is 0. The van der Waals surface area contributed by atoms with Crippen LogP contribution in [0.5, 0.6) is 0 Å². The smallest absolute Gasteiger partial charge is 0.342 e. The molecule has 0 aromatic carbocycles. The van der Waals surface area contributed by atoms with Gasteiger partial charge in [-0.3, -0.25) is 0 Å². The maximum atomic E-state index is 10.1. The van der Waals surface area contributed by atoms with E-state index in [4.69, 9.17) is 5.11 Å². The van der Waals surface area contributed by atoms with Crippen molar-refractivity contribution in [3.8, 4) is 0 Å². The van der Waals surface area contributed by atoms with Gasteiger partial charge in [-0.05, 0) is 11.8 Å². The molecule has 1 aliphatic rings. The molecule has 0 aromatic rings. The maximum Gasteiger partial charge on any atom is 0.392 e. The molecule has 1 N–H and O–H groups in total. The number of thioether (sulfide) groups is 1. The van der Waals surface area contributed by atoms with Crippen molar-refractivity contribution in [2.45, 2.75) is 5.18 Å². The summed E-state index contributed by atoms with van der Waals surface area (Å²) in [7, 11) is -1.21. The van der Waals surface area contributed by atoms with Crippen LogP contribution in [-0.4, -0.2) is 15.8 Å². The number of aliphatic hydroxyl groups is 1. The Labute approximate surface area is 40.7 Å². The summed E-state index contributed by atoms with van der Waals surface area (Å²) < 4.78 is 10.1. The first-order valence-electron chi connectivity index (χ1n) is 1.54. The normalized spacial score (nSPS) is 38.8. The predicted octanol–water partition coefficient (Wildman–Crippen LogP) is 0.794. The SMILES string of the molecule is O=[P+]1CSC1O. The molecule has 0 aromatic heterocycles. The first-order chi connectivity index (χ1) is 2.80. The fourth-order valence-corrected chi connectivity index (χ4v) is 1.82. The van der Waals surface area contributed by atoms with Crippen molar-refractivity contribution >= 4 is 19.6 Å². The zero-order valence-corrected chi connectivity index (χ0v) is 4.71. The van der Waals surface area contributed by atoms with E-state index >= 15 is 0 Å². The molecule has 34 valence electrons. The van der Waals surface area contributed by atoms with Crippen molar-refractivity contribution < 1.29 is 9.67 Å². The Kier molecular flexibility index (Phi) is 1.13. The molecule has 0 aliphatic carbocycles. The van der Waals surface area contributed by atoms with Crippen LogP contribution in [-0.2, 0) is 4.57 Å². The van der Waals surface area contributed by atoms with Crippen LogP contribution in [0.25, 0.3) is 0 Å². The molecule has 0 spiro atoms. The zero-order valence-electron chi connectivity index (χ0n) is 3.00. The lowest BCUT2D eigenvalue weighted by molar-refractivity contribution is 0.329. The van der Waals surface area contributed by atoms with Crippen LogP contribution in [0.1, 0.15) is 0 Å². The van der Waals surface area contributed by atoms with E-state index in [0.29, 0.717) is 5.49 Å². The van der Waals surface area contributed by atoms with E-state index in [1.54, 1.807) is 0 Å². The summed E-state index contributed by atoms with van der Waals surface area (Å²) in [5.41, 5.74) is 0.649. The van der Waals surface area contributed by atoms with Crippen molar-refractivity contribution in [1.82, 2.24) is 0 Å². The summed E-state index contributed by atoms with van der Waals surface area (Å²) in [5.74, 6) is 0. The first-order valence-corrected chi connectivity index (χ1v) is 4.10. The van der Waals surface area contributed by atoms with Crippen LogP contribution in [0.4, 0.5) is 0 Å². The monoisotopic (exact) mass is 123 g/mol. The Morgan fingerprint density at radius 2 is 2.50 bits per heavy atom.